The van der Waals surface area contributed by atoms with Gasteiger partial charge in [-0.2, -0.15) is 0 Å². The summed E-state index contributed by atoms with van der Waals surface area (Å²) in [6.45, 7) is 4.01. The first-order valence-corrected chi connectivity index (χ1v) is 6.97. The van der Waals surface area contributed by atoms with Gasteiger partial charge in [-0.25, -0.2) is 4.98 Å². The van der Waals surface area contributed by atoms with E-state index in [0.29, 0.717) is 0 Å². The molecule has 1 aromatic carbocycles. The monoisotopic (exact) mass is 302 g/mol. The van der Waals surface area contributed by atoms with Crippen molar-refractivity contribution in [2.45, 2.75) is 19.9 Å². The fourth-order valence-corrected chi connectivity index (χ4v) is 2.99. The van der Waals surface area contributed by atoms with E-state index in [0.717, 1.165) is 16.3 Å². The van der Waals surface area contributed by atoms with Gasteiger partial charge >= 0.3 is 0 Å². The lowest BCUT2D eigenvalue weighted by Gasteiger charge is -2.15. The van der Waals surface area contributed by atoms with E-state index in [1.165, 1.54) is 0 Å². The number of anilines is 1. The maximum Gasteiger partial charge on any atom is 0.152 e. The number of phenols is 1. The third-order valence-corrected chi connectivity index (χ3v) is 4.27. The van der Waals surface area contributed by atoms with Crippen LogP contribution in [0.2, 0.25) is 10.0 Å². The molecular weight excluding hydrogens is 291 g/mol. The number of benzene rings is 1. The Morgan fingerprint density at radius 2 is 1.94 bits per heavy atom. The van der Waals surface area contributed by atoms with Gasteiger partial charge in [-0.05, 0) is 26.0 Å². The van der Waals surface area contributed by atoms with Gasteiger partial charge in [0, 0.05) is 10.6 Å². The summed E-state index contributed by atoms with van der Waals surface area (Å²) in [5, 5.41) is 13.2. The Morgan fingerprint density at radius 3 is 2.44 bits per heavy atom. The molecule has 0 fully saturated rings. The lowest BCUT2D eigenvalue weighted by Crippen LogP contribution is -2.06. The van der Waals surface area contributed by atoms with Gasteiger partial charge in [-0.1, -0.05) is 23.2 Å². The van der Waals surface area contributed by atoms with E-state index in [1.54, 1.807) is 23.5 Å². The topological polar surface area (TPSA) is 45.2 Å². The maximum atomic E-state index is 9.49. The molecule has 96 valence electrons. The SMILES string of the molecule is Cc1ncsc1C(C)Nc1cc(Cl)c(O)c(Cl)c1. The van der Waals surface area contributed by atoms with E-state index in [4.69, 9.17) is 23.2 Å². The molecule has 1 unspecified atom stereocenters. The van der Waals surface area contributed by atoms with Gasteiger partial charge in [0.05, 0.1) is 27.3 Å². The molecule has 2 N–H and O–H groups in total. The number of thiazole rings is 1. The molecule has 0 saturated carbocycles. The number of halogens is 2. The van der Waals surface area contributed by atoms with Crippen molar-refractivity contribution in [1.82, 2.24) is 4.98 Å². The maximum absolute atomic E-state index is 9.49. The summed E-state index contributed by atoms with van der Waals surface area (Å²) < 4.78 is 0. The van der Waals surface area contributed by atoms with Gasteiger partial charge in [-0.3, -0.25) is 0 Å². The van der Waals surface area contributed by atoms with Gasteiger partial charge < -0.3 is 10.4 Å². The normalized spacial score (nSPS) is 12.4. The number of hydrogen-bond acceptors (Lipinski definition) is 4. The van der Waals surface area contributed by atoms with Crippen LogP contribution >= 0.6 is 34.5 Å². The van der Waals surface area contributed by atoms with E-state index in [2.05, 4.69) is 10.3 Å². The fraction of sp³-hybridized carbons (Fsp3) is 0.250. The second-order valence-corrected chi connectivity index (χ2v) is 5.66. The van der Waals surface area contributed by atoms with Crippen molar-refractivity contribution in [3.63, 3.8) is 0 Å². The van der Waals surface area contributed by atoms with Gasteiger partial charge in [0.15, 0.2) is 5.75 Å². The Hall–Kier alpha value is -0.970. The van der Waals surface area contributed by atoms with E-state index >= 15 is 0 Å². The van der Waals surface area contributed by atoms with Gasteiger partial charge in [0.1, 0.15) is 0 Å². The minimum atomic E-state index is -0.0921. The highest BCUT2D eigenvalue weighted by Crippen LogP contribution is 2.36. The van der Waals surface area contributed by atoms with Crippen molar-refractivity contribution in [1.29, 1.82) is 0 Å². The molecule has 3 nitrogen and oxygen atoms in total. The zero-order chi connectivity index (χ0) is 13.3. The summed E-state index contributed by atoms with van der Waals surface area (Å²) in [5.74, 6) is -0.0921. The molecule has 0 saturated heterocycles. The predicted octanol–water partition coefficient (Wildman–Crippen LogP) is 4.64. The minimum absolute atomic E-state index is 0.0921. The molecule has 0 spiro atoms. The molecule has 0 aliphatic rings. The highest BCUT2D eigenvalue weighted by molar-refractivity contribution is 7.09. The summed E-state index contributed by atoms with van der Waals surface area (Å²) in [7, 11) is 0. The summed E-state index contributed by atoms with van der Waals surface area (Å²) in [4.78, 5) is 5.38. The van der Waals surface area contributed by atoms with Crippen molar-refractivity contribution >= 4 is 40.2 Å². The number of nitrogens with one attached hydrogen (secondary N) is 1. The Kier molecular flexibility index (Phi) is 4.00. The van der Waals surface area contributed by atoms with Crippen LogP contribution in [0.3, 0.4) is 0 Å². The number of phenolic OH excluding ortho intramolecular Hbond substituents is 1. The van der Waals surface area contributed by atoms with Crippen LogP contribution in [0.4, 0.5) is 5.69 Å². The summed E-state index contributed by atoms with van der Waals surface area (Å²) >= 11 is 13.3. The molecule has 1 atom stereocenters. The van der Waals surface area contributed by atoms with E-state index in [9.17, 15) is 5.11 Å². The third kappa shape index (κ3) is 2.71. The molecule has 1 heterocycles. The number of rotatable bonds is 3. The molecule has 18 heavy (non-hydrogen) atoms. The van der Waals surface area contributed by atoms with Crippen molar-refractivity contribution < 1.29 is 5.11 Å². The number of hydrogen-bond donors (Lipinski definition) is 2. The Bertz CT molecular complexity index is 548. The largest absolute Gasteiger partial charge is 0.505 e. The van der Waals surface area contributed by atoms with Gasteiger partial charge in [-0.15, -0.1) is 11.3 Å². The number of aromatic nitrogens is 1. The molecule has 2 rings (SSSR count). The molecule has 2 aromatic rings. The molecule has 0 aliphatic carbocycles. The second-order valence-electron chi connectivity index (χ2n) is 3.96. The van der Waals surface area contributed by atoms with Crippen molar-refractivity contribution in [3.8, 4) is 5.75 Å². The summed E-state index contributed by atoms with van der Waals surface area (Å²) in [6.07, 6.45) is 0. The average Bonchev–Trinajstić information content (AvgIpc) is 2.72. The Balaban J connectivity index is 2.22. The van der Waals surface area contributed by atoms with Crippen LogP contribution in [0.25, 0.3) is 0 Å². The van der Waals surface area contributed by atoms with Crippen LogP contribution in [0.1, 0.15) is 23.5 Å². The lowest BCUT2D eigenvalue weighted by molar-refractivity contribution is 0.476. The molecule has 1 aromatic heterocycles. The summed E-state index contributed by atoms with van der Waals surface area (Å²) in [5.41, 5.74) is 3.60. The van der Waals surface area contributed by atoms with Crippen LogP contribution < -0.4 is 5.32 Å². The first kappa shape index (κ1) is 13.5. The van der Waals surface area contributed by atoms with Crippen molar-refractivity contribution in [2.75, 3.05) is 5.32 Å². The van der Waals surface area contributed by atoms with Crippen LogP contribution in [0.5, 0.6) is 5.75 Å². The number of nitrogens with zero attached hydrogens (tertiary/aromatic N) is 1. The highest BCUT2D eigenvalue weighted by Gasteiger charge is 2.13. The van der Waals surface area contributed by atoms with Crippen molar-refractivity contribution in [2.24, 2.45) is 0 Å². The lowest BCUT2D eigenvalue weighted by atomic mass is 10.2. The quantitative estimate of drug-likeness (QED) is 0.812. The molecule has 0 bridgehead atoms. The standard InChI is InChI=1S/C12H12Cl2N2OS/c1-6-12(18-5-15-6)7(2)16-8-3-9(13)11(17)10(14)4-8/h3-5,7,16-17H,1-2H3. The van der Waals surface area contributed by atoms with Crippen LogP contribution in [0.15, 0.2) is 17.6 Å². The molecular formula is C12H12Cl2N2OS. The predicted molar refractivity (Wildman–Crippen MR) is 77.0 cm³/mol. The summed E-state index contributed by atoms with van der Waals surface area (Å²) in [6, 6.07) is 3.40. The molecule has 6 heteroatoms. The van der Waals surface area contributed by atoms with Gasteiger partial charge in [0.2, 0.25) is 0 Å². The fourth-order valence-electron chi connectivity index (χ4n) is 1.69. The van der Waals surface area contributed by atoms with Crippen LogP contribution in [-0.2, 0) is 0 Å². The van der Waals surface area contributed by atoms with E-state index < -0.39 is 0 Å². The van der Waals surface area contributed by atoms with Crippen LogP contribution in [-0.4, -0.2) is 10.1 Å². The average molecular weight is 303 g/mol. The first-order chi connectivity index (χ1) is 8.49. The third-order valence-electron chi connectivity index (χ3n) is 2.58. The molecule has 0 amide bonds. The Morgan fingerprint density at radius 1 is 1.33 bits per heavy atom. The van der Waals surface area contributed by atoms with Crippen molar-refractivity contribution in [3.05, 3.63) is 38.3 Å². The molecule has 0 aliphatic heterocycles. The zero-order valence-electron chi connectivity index (χ0n) is 9.87. The molecule has 0 radical (unpaired) electrons. The zero-order valence-corrected chi connectivity index (χ0v) is 12.2. The highest BCUT2D eigenvalue weighted by atomic mass is 35.5. The van der Waals surface area contributed by atoms with E-state index in [1.807, 2.05) is 19.4 Å². The van der Waals surface area contributed by atoms with Gasteiger partial charge in [0.25, 0.3) is 0 Å². The van der Waals surface area contributed by atoms with E-state index in [-0.39, 0.29) is 21.8 Å². The number of aromatic hydroxyl groups is 1. The van der Waals surface area contributed by atoms with Crippen LogP contribution in [0, 0.1) is 6.92 Å². The second kappa shape index (κ2) is 5.34. The number of aryl methyl sites for hydroxylation is 1. The first-order valence-electron chi connectivity index (χ1n) is 5.33. The Labute approximate surface area is 119 Å². The smallest absolute Gasteiger partial charge is 0.152 e. The minimum Gasteiger partial charge on any atom is -0.505 e.